The third-order valence-electron chi connectivity index (χ3n) is 3.70. The first kappa shape index (κ1) is 16.0. The summed E-state index contributed by atoms with van der Waals surface area (Å²) in [5.41, 5.74) is 9.90. The number of halogens is 1. The normalized spacial score (nSPS) is 12.6. The molecule has 2 aromatic rings. The lowest BCUT2D eigenvalue weighted by Crippen LogP contribution is -2.23. The molecule has 3 heteroatoms. The van der Waals surface area contributed by atoms with Gasteiger partial charge in [0.15, 0.2) is 0 Å². The minimum Gasteiger partial charge on any atom is -0.324 e. The van der Waals surface area contributed by atoms with Crippen LogP contribution < -0.4 is 5.73 Å². The van der Waals surface area contributed by atoms with E-state index in [1.807, 2.05) is 24.3 Å². The van der Waals surface area contributed by atoms with E-state index in [4.69, 9.17) is 17.3 Å². The molecule has 0 fully saturated rings. The zero-order valence-corrected chi connectivity index (χ0v) is 13.5. The van der Waals surface area contributed by atoms with E-state index in [-0.39, 0.29) is 6.04 Å². The average molecular weight is 303 g/mol. The van der Waals surface area contributed by atoms with Gasteiger partial charge in [-0.3, -0.25) is 0 Å². The van der Waals surface area contributed by atoms with Crippen LogP contribution in [0, 0.1) is 6.92 Å². The maximum absolute atomic E-state index is 6.25. The summed E-state index contributed by atoms with van der Waals surface area (Å²) in [6.45, 7) is 3.99. The van der Waals surface area contributed by atoms with Gasteiger partial charge in [-0.2, -0.15) is 0 Å². The fourth-order valence-corrected chi connectivity index (χ4v) is 2.65. The first-order valence-electron chi connectivity index (χ1n) is 7.30. The van der Waals surface area contributed by atoms with Crippen LogP contribution in [-0.2, 0) is 6.54 Å². The van der Waals surface area contributed by atoms with Gasteiger partial charge in [0.05, 0.1) is 0 Å². The van der Waals surface area contributed by atoms with Crippen molar-refractivity contribution in [2.75, 3.05) is 13.6 Å². The van der Waals surface area contributed by atoms with Crippen LogP contribution in [0.5, 0.6) is 0 Å². The van der Waals surface area contributed by atoms with Crippen molar-refractivity contribution in [3.8, 4) is 0 Å². The lowest BCUT2D eigenvalue weighted by molar-refractivity contribution is 0.311. The number of nitrogens with zero attached hydrogens (tertiary/aromatic N) is 1. The maximum atomic E-state index is 6.25. The van der Waals surface area contributed by atoms with Gasteiger partial charge in [0.2, 0.25) is 0 Å². The molecule has 0 aliphatic carbocycles. The quantitative estimate of drug-likeness (QED) is 0.868. The predicted octanol–water partition coefficient (Wildman–Crippen LogP) is 4.17. The van der Waals surface area contributed by atoms with Crippen molar-refractivity contribution in [3.05, 3.63) is 70.2 Å². The molecule has 1 unspecified atom stereocenters. The number of nitrogens with two attached hydrogens (primary N) is 1. The Kier molecular flexibility index (Phi) is 5.80. The Morgan fingerprint density at radius 1 is 1.10 bits per heavy atom. The predicted molar refractivity (Wildman–Crippen MR) is 90.5 cm³/mol. The van der Waals surface area contributed by atoms with Gasteiger partial charge in [0, 0.05) is 17.6 Å². The molecule has 0 amide bonds. The molecular formula is C18H23ClN2. The third kappa shape index (κ3) is 4.85. The highest BCUT2D eigenvalue weighted by Crippen LogP contribution is 2.23. The highest BCUT2D eigenvalue weighted by Gasteiger charge is 2.10. The van der Waals surface area contributed by atoms with Crippen LogP contribution in [0.3, 0.4) is 0 Å². The van der Waals surface area contributed by atoms with E-state index in [1.54, 1.807) is 0 Å². The summed E-state index contributed by atoms with van der Waals surface area (Å²) in [6.07, 6.45) is 0.895. The standard InChI is InChI=1S/C18H23ClN2/c1-14-7-9-15(10-8-14)13-21(2)12-11-18(20)16-5-3-4-6-17(16)19/h3-10,18H,11-13,20H2,1-2H3. The van der Waals surface area contributed by atoms with Crippen LogP contribution in [0.25, 0.3) is 0 Å². The van der Waals surface area contributed by atoms with E-state index in [9.17, 15) is 0 Å². The fraction of sp³-hybridized carbons (Fsp3) is 0.333. The Morgan fingerprint density at radius 3 is 2.43 bits per heavy atom. The minimum atomic E-state index is -0.0147. The van der Waals surface area contributed by atoms with Gasteiger partial charge >= 0.3 is 0 Å². The van der Waals surface area contributed by atoms with Crippen molar-refractivity contribution in [1.29, 1.82) is 0 Å². The van der Waals surface area contributed by atoms with Crippen molar-refractivity contribution in [1.82, 2.24) is 4.90 Å². The average Bonchev–Trinajstić information content (AvgIpc) is 2.48. The molecule has 2 N–H and O–H groups in total. The molecule has 0 saturated heterocycles. The van der Waals surface area contributed by atoms with Crippen LogP contribution in [-0.4, -0.2) is 18.5 Å². The second-order valence-corrected chi connectivity index (χ2v) is 6.05. The highest BCUT2D eigenvalue weighted by atomic mass is 35.5. The lowest BCUT2D eigenvalue weighted by atomic mass is 10.0. The summed E-state index contributed by atoms with van der Waals surface area (Å²) in [4.78, 5) is 2.29. The molecule has 2 aromatic carbocycles. The Labute approximate surface area is 132 Å². The van der Waals surface area contributed by atoms with Crippen molar-refractivity contribution in [3.63, 3.8) is 0 Å². The molecule has 2 rings (SSSR count). The van der Waals surface area contributed by atoms with E-state index < -0.39 is 0 Å². The van der Waals surface area contributed by atoms with Crippen LogP contribution in [0.4, 0.5) is 0 Å². The summed E-state index contributed by atoms with van der Waals surface area (Å²) in [5.74, 6) is 0. The minimum absolute atomic E-state index is 0.0147. The SMILES string of the molecule is Cc1ccc(CN(C)CCC(N)c2ccccc2Cl)cc1. The van der Waals surface area contributed by atoms with E-state index in [2.05, 4.69) is 43.1 Å². The Hall–Kier alpha value is -1.35. The molecule has 0 spiro atoms. The van der Waals surface area contributed by atoms with Gasteiger partial charge in [0.1, 0.15) is 0 Å². The zero-order chi connectivity index (χ0) is 15.2. The second kappa shape index (κ2) is 7.60. The van der Waals surface area contributed by atoms with Crippen molar-refractivity contribution < 1.29 is 0 Å². The maximum Gasteiger partial charge on any atom is 0.0453 e. The third-order valence-corrected chi connectivity index (χ3v) is 4.04. The summed E-state index contributed by atoms with van der Waals surface area (Å²) in [7, 11) is 2.12. The molecule has 21 heavy (non-hydrogen) atoms. The molecule has 2 nitrogen and oxygen atoms in total. The Bertz CT molecular complexity index is 566. The van der Waals surface area contributed by atoms with E-state index in [0.29, 0.717) is 0 Å². The van der Waals surface area contributed by atoms with Crippen LogP contribution in [0.15, 0.2) is 48.5 Å². The molecule has 1 atom stereocenters. The number of hydrogen-bond acceptors (Lipinski definition) is 2. The number of hydrogen-bond donors (Lipinski definition) is 1. The first-order valence-corrected chi connectivity index (χ1v) is 7.68. The fourth-order valence-electron chi connectivity index (χ4n) is 2.37. The summed E-state index contributed by atoms with van der Waals surface area (Å²) >= 11 is 6.19. The van der Waals surface area contributed by atoms with E-state index >= 15 is 0 Å². The molecule has 0 aliphatic heterocycles. The topological polar surface area (TPSA) is 29.3 Å². The van der Waals surface area contributed by atoms with Gasteiger partial charge in [0.25, 0.3) is 0 Å². The zero-order valence-electron chi connectivity index (χ0n) is 12.7. The number of aryl methyl sites for hydroxylation is 1. The van der Waals surface area contributed by atoms with Gasteiger partial charge in [-0.05, 0) is 44.1 Å². The molecule has 0 saturated carbocycles. The number of rotatable bonds is 6. The molecule has 0 aliphatic rings. The van der Waals surface area contributed by atoms with Crippen molar-refractivity contribution in [2.24, 2.45) is 5.73 Å². The summed E-state index contributed by atoms with van der Waals surface area (Å²) in [6, 6.07) is 16.5. The summed E-state index contributed by atoms with van der Waals surface area (Å²) < 4.78 is 0. The van der Waals surface area contributed by atoms with Crippen molar-refractivity contribution >= 4 is 11.6 Å². The number of benzene rings is 2. The van der Waals surface area contributed by atoms with Crippen LogP contribution >= 0.6 is 11.6 Å². The largest absolute Gasteiger partial charge is 0.324 e. The highest BCUT2D eigenvalue weighted by molar-refractivity contribution is 6.31. The van der Waals surface area contributed by atoms with Gasteiger partial charge in [-0.15, -0.1) is 0 Å². The lowest BCUT2D eigenvalue weighted by Gasteiger charge is -2.20. The van der Waals surface area contributed by atoms with E-state index in [0.717, 1.165) is 30.1 Å². The molecule has 0 radical (unpaired) electrons. The monoisotopic (exact) mass is 302 g/mol. The first-order chi connectivity index (χ1) is 10.1. The Morgan fingerprint density at radius 2 is 1.76 bits per heavy atom. The summed E-state index contributed by atoms with van der Waals surface area (Å²) in [5, 5.41) is 0.756. The molecule has 0 heterocycles. The van der Waals surface area contributed by atoms with Gasteiger partial charge in [-0.1, -0.05) is 59.6 Å². The molecule has 112 valence electrons. The molecule has 0 bridgehead atoms. The molecular weight excluding hydrogens is 280 g/mol. The smallest absolute Gasteiger partial charge is 0.0453 e. The molecule has 0 aromatic heterocycles. The van der Waals surface area contributed by atoms with Gasteiger partial charge < -0.3 is 10.6 Å². The van der Waals surface area contributed by atoms with Gasteiger partial charge in [-0.25, -0.2) is 0 Å². The second-order valence-electron chi connectivity index (χ2n) is 5.64. The Balaban J connectivity index is 1.85. The van der Waals surface area contributed by atoms with Crippen LogP contribution in [0.1, 0.15) is 29.2 Å². The van der Waals surface area contributed by atoms with Crippen LogP contribution in [0.2, 0.25) is 5.02 Å². The van der Waals surface area contributed by atoms with Crippen molar-refractivity contribution in [2.45, 2.75) is 25.9 Å². The van der Waals surface area contributed by atoms with E-state index in [1.165, 1.54) is 11.1 Å².